The zero-order valence-electron chi connectivity index (χ0n) is 16.4. The third-order valence-corrected chi connectivity index (χ3v) is 3.90. The van der Waals surface area contributed by atoms with Crippen LogP contribution in [0.15, 0.2) is 18.4 Å². The van der Waals surface area contributed by atoms with Crippen LogP contribution < -0.4 is 5.32 Å². The molecule has 4 atom stereocenters. The highest BCUT2D eigenvalue weighted by Crippen LogP contribution is 2.40. The van der Waals surface area contributed by atoms with Gasteiger partial charge in [0.15, 0.2) is 5.82 Å². The van der Waals surface area contributed by atoms with Gasteiger partial charge in [-0.15, -0.1) is 0 Å². The smallest absolute Gasteiger partial charge is 0.412 e. The Balaban J connectivity index is 2.15. The van der Waals surface area contributed by atoms with E-state index in [0.29, 0.717) is 0 Å². The summed E-state index contributed by atoms with van der Waals surface area (Å²) >= 11 is 0. The molecule has 138 valence electrons. The van der Waals surface area contributed by atoms with Gasteiger partial charge in [-0.25, -0.2) is 14.3 Å². The fourth-order valence-electron chi connectivity index (χ4n) is 2.69. The number of hydrogen-bond donors (Lipinski definition) is 4. The van der Waals surface area contributed by atoms with Gasteiger partial charge in [0.1, 0.15) is 36.2 Å². The first-order valence-electron chi connectivity index (χ1n) is 9.02. The van der Waals surface area contributed by atoms with Crippen LogP contribution in [0.3, 0.4) is 0 Å². The molecule has 2 aromatic heterocycles. The Hall–Kier alpha value is -2.78. The number of anilines is 1. The Morgan fingerprint density at radius 1 is 1.69 bits per heavy atom. The van der Waals surface area contributed by atoms with Gasteiger partial charge in [-0.05, 0) is 19.0 Å². The van der Waals surface area contributed by atoms with Gasteiger partial charge in [-0.3, -0.25) is 5.32 Å². The standard InChI is InChI=1S/C15H17N5O6/c1-2-25-14(24)19-13-8-3-4-10(20(8)18-7-17-13)15(6-16)12(23)11(22)9(5-21)26-15/h3-4,7,9,11-12,21-23H,2,5H2,1H3,(H,17,18,19,24)/t9-,11-,12-,15+/m1/s1/i3D,5D2. The van der Waals surface area contributed by atoms with E-state index >= 15 is 0 Å². The van der Waals surface area contributed by atoms with Crippen LogP contribution in [0, 0.1) is 11.3 Å². The minimum atomic E-state index is -3.07. The summed E-state index contributed by atoms with van der Waals surface area (Å²) in [6.07, 6.45) is -5.72. The molecule has 1 aliphatic heterocycles. The van der Waals surface area contributed by atoms with Crippen LogP contribution in [0.2, 0.25) is 0 Å². The first-order chi connectivity index (χ1) is 13.6. The van der Waals surface area contributed by atoms with Crippen LogP contribution in [0.1, 0.15) is 16.7 Å². The number of rotatable bonds is 4. The van der Waals surface area contributed by atoms with Gasteiger partial charge in [-0.1, -0.05) is 0 Å². The van der Waals surface area contributed by atoms with Gasteiger partial charge < -0.3 is 24.8 Å². The second-order valence-corrected chi connectivity index (χ2v) is 5.34. The molecule has 26 heavy (non-hydrogen) atoms. The van der Waals surface area contributed by atoms with Crippen molar-refractivity contribution in [2.75, 3.05) is 18.5 Å². The summed E-state index contributed by atoms with van der Waals surface area (Å²) in [5, 5.41) is 46.2. The monoisotopic (exact) mass is 366 g/mol. The summed E-state index contributed by atoms with van der Waals surface area (Å²) in [5.74, 6) is -0.120. The Bertz CT molecular complexity index is 989. The Labute approximate surface area is 151 Å². The van der Waals surface area contributed by atoms with Crippen molar-refractivity contribution in [3.05, 3.63) is 24.1 Å². The van der Waals surface area contributed by atoms with Crippen LogP contribution in [-0.4, -0.2) is 67.5 Å². The molecule has 11 nitrogen and oxygen atoms in total. The quantitative estimate of drug-likeness (QED) is 0.538. The third kappa shape index (κ3) is 2.65. The molecule has 0 saturated carbocycles. The maximum absolute atomic E-state index is 11.7. The van der Waals surface area contributed by atoms with E-state index in [1.54, 1.807) is 13.0 Å². The SMILES string of the molecule is [2H]c1cc([C@]2(C#N)O[C@H](C([2H])([2H])O)[C@@H](O)[C@H]2O)n2ncnc(NC(=O)OCC)c12. The summed E-state index contributed by atoms with van der Waals surface area (Å²) in [4.78, 5) is 15.6. The molecule has 0 radical (unpaired) electrons. The number of carbonyl (C=O) groups is 1. The largest absolute Gasteiger partial charge is 0.450 e. The van der Waals surface area contributed by atoms with Gasteiger partial charge >= 0.3 is 6.09 Å². The van der Waals surface area contributed by atoms with Crippen molar-refractivity contribution >= 4 is 17.4 Å². The summed E-state index contributed by atoms with van der Waals surface area (Å²) in [5.41, 5.74) is -2.66. The molecule has 3 heterocycles. The Morgan fingerprint density at radius 2 is 2.46 bits per heavy atom. The highest BCUT2D eigenvalue weighted by Gasteiger charge is 2.57. The lowest BCUT2D eigenvalue weighted by Crippen LogP contribution is -2.41. The number of ether oxygens (including phenoxy) is 2. The van der Waals surface area contributed by atoms with E-state index in [2.05, 4.69) is 15.4 Å². The highest BCUT2D eigenvalue weighted by atomic mass is 16.6. The molecule has 11 heteroatoms. The number of nitrogens with zero attached hydrogens (tertiary/aromatic N) is 4. The summed E-state index contributed by atoms with van der Waals surface area (Å²) in [6, 6.07) is 2.51. The lowest BCUT2D eigenvalue weighted by atomic mass is 9.92. The average Bonchev–Trinajstić information content (AvgIpc) is 3.12. The van der Waals surface area contributed by atoms with E-state index in [4.69, 9.17) is 13.6 Å². The first kappa shape index (κ1) is 14.4. The first-order valence-corrected chi connectivity index (χ1v) is 7.52. The number of nitrogens with one attached hydrogen (secondary N) is 1. The number of fused-ring (bicyclic) bond motifs is 1. The van der Waals surface area contributed by atoms with Crippen LogP contribution in [-0.2, 0) is 15.1 Å². The molecule has 3 rings (SSSR count). The van der Waals surface area contributed by atoms with Gasteiger partial charge in [0.2, 0.25) is 5.60 Å². The van der Waals surface area contributed by atoms with E-state index in [-0.39, 0.29) is 29.7 Å². The topological polar surface area (TPSA) is 162 Å². The van der Waals surface area contributed by atoms with Gasteiger partial charge in [-0.2, -0.15) is 10.4 Å². The fourth-order valence-corrected chi connectivity index (χ4v) is 2.69. The average molecular weight is 366 g/mol. The summed E-state index contributed by atoms with van der Waals surface area (Å²) in [6.45, 7) is -1.38. The summed E-state index contributed by atoms with van der Waals surface area (Å²) < 4.78 is 33.9. The number of aliphatic hydroxyl groups is 3. The lowest BCUT2D eigenvalue weighted by molar-refractivity contribution is -0.0643. The van der Waals surface area contributed by atoms with Crippen LogP contribution in [0.25, 0.3) is 5.52 Å². The van der Waals surface area contributed by atoms with Crippen molar-refractivity contribution in [3.8, 4) is 6.07 Å². The molecule has 2 aromatic rings. The number of aromatic nitrogens is 3. The molecule has 1 fully saturated rings. The molecule has 0 aromatic carbocycles. The van der Waals surface area contributed by atoms with Gasteiger partial charge in [0.05, 0.1) is 23.0 Å². The number of nitriles is 1. The van der Waals surface area contributed by atoms with E-state index in [1.165, 1.54) is 0 Å². The van der Waals surface area contributed by atoms with E-state index < -0.39 is 36.6 Å². The Morgan fingerprint density at radius 3 is 3.08 bits per heavy atom. The van der Waals surface area contributed by atoms with E-state index in [9.17, 15) is 25.4 Å². The van der Waals surface area contributed by atoms with Crippen LogP contribution >= 0.6 is 0 Å². The van der Waals surface area contributed by atoms with Gasteiger partial charge in [0, 0.05) is 0 Å². The molecule has 0 bridgehead atoms. The maximum atomic E-state index is 11.7. The van der Waals surface area contributed by atoms with Crippen molar-refractivity contribution in [2.45, 2.75) is 30.8 Å². The molecule has 1 amide bonds. The van der Waals surface area contributed by atoms with E-state index in [0.717, 1.165) is 16.9 Å². The number of carbonyl (C=O) groups excluding carboxylic acids is 1. The molecular weight excluding hydrogens is 346 g/mol. The Kier molecular flexibility index (Phi) is 3.79. The zero-order chi connectivity index (χ0) is 21.6. The van der Waals surface area contributed by atoms with Crippen LogP contribution in [0.5, 0.6) is 0 Å². The van der Waals surface area contributed by atoms with Crippen molar-refractivity contribution in [1.29, 1.82) is 5.26 Å². The molecule has 4 N–H and O–H groups in total. The molecule has 0 aliphatic carbocycles. The van der Waals surface area contributed by atoms with Crippen molar-refractivity contribution in [2.24, 2.45) is 0 Å². The minimum Gasteiger partial charge on any atom is -0.450 e. The molecule has 1 aliphatic rings. The molecule has 0 spiro atoms. The van der Waals surface area contributed by atoms with Gasteiger partial charge in [0.25, 0.3) is 0 Å². The zero-order valence-corrected chi connectivity index (χ0v) is 13.4. The van der Waals surface area contributed by atoms with E-state index in [1.807, 2.05) is 0 Å². The predicted octanol–water partition coefficient (Wildman–Crippen LogP) is -0.871. The number of aliphatic hydroxyl groups excluding tert-OH is 2. The second kappa shape index (κ2) is 6.85. The van der Waals surface area contributed by atoms with Crippen molar-refractivity contribution in [1.82, 2.24) is 14.6 Å². The number of hydrogen-bond acceptors (Lipinski definition) is 9. The third-order valence-electron chi connectivity index (χ3n) is 3.90. The minimum absolute atomic E-state index is 0.0640. The maximum Gasteiger partial charge on any atom is 0.412 e. The normalized spacial score (nSPS) is 30.3. The van der Waals surface area contributed by atoms with Crippen LogP contribution in [0.4, 0.5) is 10.6 Å². The molecule has 0 unspecified atom stereocenters. The predicted molar refractivity (Wildman–Crippen MR) is 84.9 cm³/mol. The number of amides is 1. The lowest BCUT2D eigenvalue weighted by Gasteiger charge is -2.24. The highest BCUT2D eigenvalue weighted by molar-refractivity contribution is 5.88. The summed E-state index contributed by atoms with van der Waals surface area (Å²) in [7, 11) is 0. The fraction of sp³-hybridized carbons (Fsp3) is 0.467. The molecule has 1 saturated heterocycles. The van der Waals surface area contributed by atoms with Crippen molar-refractivity contribution < 1.29 is 33.7 Å². The van der Waals surface area contributed by atoms with Crippen molar-refractivity contribution in [3.63, 3.8) is 0 Å². The second-order valence-electron chi connectivity index (χ2n) is 5.34. The molecular formula is C15H17N5O6.